The molecule has 1 aromatic carbocycles. The first-order valence-electron chi connectivity index (χ1n) is 4.29. The lowest BCUT2D eigenvalue weighted by Crippen LogP contribution is -2.25. The molecule has 0 saturated carbocycles. The van der Waals surface area contributed by atoms with Gasteiger partial charge in [0, 0.05) is 18.0 Å². The van der Waals surface area contributed by atoms with Gasteiger partial charge in [-0.25, -0.2) is 0 Å². The molecule has 0 unspecified atom stereocenters. The topological polar surface area (TPSA) is 49.3 Å². The van der Waals surface area contributed by atoms with Crippen LogP contribution in [0.2, 0.25) is 0 Å². The van der Waals surface area contributed by atoms with Gasteiger partial charge in [-0.3, -0.25) is 4.79 Å². The van der Waals surface area contributed by atoms with Gasteiger partial charge in [-0.15, -0.1) is 11.6 Å². The van der Waals surface area contributed by atoms with Crippen molar-refractivity contribution in [3.05, 3.63) is 29.3 Å². The average Bonchev–Trinajstić information content (AvgIpc) is 2.18. The lowest BCUT2D eigenvalue weighted by atomic mass is 10.1. The summed E-state index contributed by atoms with van der Waals surface area (Å²) in [4.78, 5) is 11.5. The Morgan fingerprint density at radius 2 is 2.29 bits per heavy atom. The molecule has 0 aromatic heterocycles. The molecule has 1 rings (SSSR count). The maximum Gasteiger partial charge on any atom is 0.251 e. The molecule has 1 amide bonds. The van der Waals surface area contributed by atoms with Crippen LogP contribution >= 0.6 is 11.6 Å². The summed E-state index contributed by atoms with van der Waals surface area (Å²) in [7, 11) is 0. The van der Waals surface area contributed by atoms with Crippen molar-refractivity contribution in [2.24, 2.45) is 0 Å². The number of alkyl halides is 1. The molecule has 76 valence electrons. The van der Waals surface area contributed by atoms with Crippen LogP contribution in [0, 0.1) is 6.92 Å². The second-order valence-electron chi connectivity index (χ2n) is 2.94. The third-order valence-corrected chi connectivity index (χ3v) is 2.03. The highest BCUT2D eigenvalue weighted by molar-refractivity contribution is 6.18. The van der Waals surface area contributed by atoms with Crippen molar-refractivity contribution >= 4 is 17.5 Å². The fraction of sp³-hybridized carbons (Fsp3) is 0.300. The predicted molar refractivity (Wildman–Crippen MR) is 55.9 cm³/mol. The maximum atomic E-state index is 11.5. The Kier molecular flexibility index (Phi) is 3.77. The molecule has 0 atom stereocenters. The second-order valence-corrected chi connectivity index (χ2v) is 3.32. The highest BCUT2D eigenvalue weighted by Crippen LogP contribution is 2.15. The van der Waals surface area contributed by atoms with Gasteiger partial charge in [0.2, 0.25) is 0 Å². The highest BCUT2D eigenvalue weighted by Gasteiger charge is 2.08. The first kappa shape index (κ1) is 10.9. The fourth-order valence-electron chi connectivity index (χ4n) is 1.11. The molecule has 2 N–H and O–H groups in total. The summed E-state index contributed by atoms with van der Waals surface area (Å²) in [5, 5.41) is 11.8. The lowest BCUT2D eigenvalue weighted by Gasteiger charge is -2.06. The molecule has 1 aromatic rings. The molecule has 0 aliphatic heterocycles. The molecule has 3 nitrogen and oxygen atoms in total. The number of benzene rings is 1. The number of amides is 1. The summed E-state index contributed by atoms with van der Waals surface area (Å²) in [6, 6.07) is 4.69. The lowest BCUT2D eigenvalue weighted by molar-refractivity contribution is 0.0955. The summed E-state index contributed by atoms with van der Waals surface area (Å²) < 4.78 is 0. The van der Waals surface area contributed by atoms with Gasteiger partial charge >= 0.3 is 0 Å². The molecule has 0 spiro atoms. The molecule has 14 heavy (non-hydrogen) atoms. The summed E-state index contributed by atoms with van der Waals surface area (Å²) >= 11 is 5.44. The van der Waals surface area contributed by atoms with Gasteiger partial charge in [-0.1, -0.05) is 6.07 Å². The second kappa shape index (κ2) is 4.86. The van der Waals surface area contributed by atoms with Crippen molar-refractivity contribution in [3.63, 3.8) is 0 Å². The van der Waals surface area contributed by atoms with Gasteiger partial charge in [0.15, 0.2) is 0 Å². The van der Waals surface area contributed by atoms with E-state index in [0.29, 0.717) is 18.0 Å². The zero-order valence-corrected chi connectivity index (χ0v) is 8.64. The largest absolute Gasteiger partial charge is 0.508 e. The number of aromatic hydroxyl groups is 1. The smallest absolute Gasteiger partial charge is 0.251 e. The van der Waals surface area contributed by atoms with Gasteiger partial charge in [0.25, 0.3) is 5.91 Å². The summed E-state index contributed by atoms with van der Waals surface area (Å²) in [6.07, 6.45) is 0. The molecular formula is C10H12ClNO2. The van der Waals surface area contributed by atoms with Gasteiger partial charge in [0.1, 0.15) is 5.75 Å². The van der Waals surface area contributed by atoms with E-state index in [2.05, 4.69) is 5.32 Å². The minimum atomic E-state index is -0.209. The van der Waals surface area contributed by atoms with E-state index in [1.54, 1.807) is 12.1 Å². The Hall–Kier alpha value is -1.22. The quantitative estimate of drug-likeness (QED) is 0.751. The van der Waals surface area contributed by atoms with Crippen LogP contribution in [0.3, 0.4) is 0 Å². The minimum Gasteiger partial charge on any atom is -0.508 e. The first-order valence-corrected chi connectivity index (χ1v) is 4.82. The third-order valence-electron chi connectivity index (χ3n) is 1.85. The van der Waals surface area contributed by atoms with Crippen molar-refractivity contribution in [3.8, 4) is 5.75 Å². The highest BCUT2D eigenvalue weighted by atomic mass is 35.5. The number of hydrogen-bond acceptors (Lipinski definition) is 2. The van der Waals surface area contributed by atoms with Crippen LogP contribution in [0.1, 0.15) is 15.9 Å². The van der Waals surface area contributed by atoms with Crippen LogP contribution in [-0.2, 0) is 0 Å². The number of hydrogen-bond donors (Lipinski definition) is 2. The van der Waals surface area contributed by atoms with Crippen molar-refractivity contribution in [2.75, 3.05) is 12.4 Å². The SMILES string of the molecule is Cc1ccc(O)cc1C(=O)NCCCl. The van der Waals surface area contributed by atoms with E-state index in [1.807, 2.05) is 6.92 Å². The summed E-state index contributed by atoms with van der Waals surface area (Å²) in [5.41, 5.74) is 1.31. The van der Waals surface area contributed by atoms with Crippen LogP contribution in [0.25, 0.3) is 0 Å². The molecule has 0 radical (unpaired) electrons. The number of nitrogens with one attached hydrogen (secondary N) is 1. The maximum absolute atomic E-state index is 11.5. The number of phenolic OH excluding ortho intramolecular Hbond substituents is 1. The van der Waals surface area contributed by atoms with Crippen molar-refractivity contribution < 1.29 is 9.90 Å². The Balaban J connectivity index is 2.83. The van der Waals surface area contributed by atoms with Gasteiger partial charge in [0.05, 0.1) is 0 Å². The van der Waals surface area contributed by atoms with E-state index in [4.69, 9.17) is 11.6 Å². The number of carbonyl (C=O) groups is 1. The first-order chi connectivity index (χ1) is 6.65. The molecule has 0 fully saturated rings. The standard InChI is InChI=1S/C10H12ClNO2/c1-7-2-3-8(13)6-9(7)10(14)12-5-4-11/h2-3,6,13H,4-5H2,1H3,(H,12,14). The number of halogens is 1. The Morgan fingerprint density at radius 3 is 2.93 bits per heavy atom. The monoisotopic (exact) mass is 213 g/mol. The van der Waals surface area contributed by atoms with Crippen LogP contribution in [-0.4, -0.2) is 23.4 Å². The molecule has 0 bridgehead atoms. The van der Waals surface area contributed by atoms with E-state index >= 15 is 0 Å². The van der Waals surface area contributed by atoms with Gasteiger partial charge < -0.3 is 10.4 Å². The van der Waals surface area contributed by atoms with Crippen LogP contribution in [0.15, 0.2) is 18.2 Å². The van der Waals surface area contributed by atoms with Crippen LogP contribution in [0.4, 0.5) is 0 Å². The molecule has 4 heteroatoms. The Labute approximate surface area is 87.7 Å². The normalized spacial score (nSPS) is 9.86. The Morgan fingerprint density at radius 1 is 1.57 bits per heavy atom. The molecular weight excluding hydrogens is 202 g/mol. The van der Waals surface area contributed by atoms with E-state index in [1.165, 1.54) is 6.07 Å². The van der Waals surface area contributed by atoms with Crippen LogP contribution in [0.5, 0.6) is 5.75 Å². The fourth-order valence-corrected chi connectivity index (χ4v) is 1.21. The van der Waals surface area contributed by atoms with E-state index < -0.39 is 0 Å². The third kappa shape index (κ3) is 2.64. The number of rotatable bonds is 3. The average molecular weight is 214 g/mol. The van der Waals surface area contributed by atoms with Crippen molar-refractivity contribution in [2.45, 2.75) is 6.92 Å². The zero-order chi connectivity index (χ0) is 10.6. The van der Waals surface area contributed by atoms with Crippen molar-refractivity contribution in [1.29, 1.82) is 0 Å². The number of aryl methyl sites for hydroxylation is 1. The number of carbonyl (C=O) groups excluding carboxylic acids is 1. The Bertz CT molecular complexity index is 339. The van der Waals surface area contributed by atoms with E-state index in [9.17, 15) is 9.90 Å². The number of phenols is 1. The van der Waals surface area contributed by atoms with E-state index in [-0.39, 0.29) is 11.7 Å². The van der Waals surface area contributed by atoms with E-state index in [0.717, 1.165) is 5.56 Å². The van der Waals surface area contributed by atoms with Crippen LogP contribution < -0.4 is 5.32 Å². The predicted octanol–water partition coefficient (Wildman–Crippen LogP) is 1.67. The van der Waals surface area contributed by atoms with Crippen molar-refractivity contribution in [1.82, 2.24) is 5.32 Å². The molecule has 0 saturated heterocycles. The zero-order valence-electron chi connectivity index (χ0n) is 7.88. The van der Waals surface area contributed by atoms with Gasteiger partial charge in [-0.05, 0) is 24.6 Å². The summed E-state index contributed by atoms with van der Waals surface area (Å²) in [5.74, 6) is 0.259. The molecule has 0 aliphatic rings. The summed E-state index contributed by atoms with van der Waals surface area (Å²) in [6.45, 7) is 2.24. The molecule has 0 heterocycles. The molecule has 0 aliphatic carbocycles. The minimum absolute atomic E-state index is 0.0895. The van der Waals surface area contributed by atoms with Gasteiger partial charge in [-0.2, -0.15) is 0 Å².